The number of carbonyl (C=O) groups is 2. The highest BCUT2D eigenvalue weighted by atomic mass is 16.5. The summed E-state index contributed by atoms with van der Waals surface area (Å²) in [4.78, 5) is 22.0. The molecular weight excluding hydrogens is 216 g/mol. The Bertz CT molecular complexity index is 275. The molecular formula is C14H24O3. The van der Waals surface area contributed by atoms with Gasteiger partial charge < -0.3 is 4.74 Å². The molecule has 17 heavy (non-hydrogen) atoms. The first kappa shape index (κ1) is 15.9. The van der Waals surface area contributed by atoms with E-state index >= 15 is 0 Å². The monoisotopic (exact) mass is 240 g/mol. The van der Waals surface area contributed by atoms with Crippen molar-refractivity contribution in [2.75, 3.05) is 6.61 Å². The van der Waals surface area contributed by atoms with Gasteiger partial charge in [0.05, 0.1) is 6.61 Å². The molecule has 0 aromatic rings. The summed E-state index contributed by atoms with van der Waals surface area (Å²) < 4.78 is 4.89. The van der Waals surface area contributed by atoms with Gasteiger partial charge in [0.2, 0.25) is 5.78 Å². The zero-order valence-electron chi connectivity index (χ0n) is 11.4. The molecule has 0 spiro atoms. The maximum Gasteiger partial charge on any atom is 0.374 e. The quantitative estimate of drug-likeness (QED) is 0.371. The first-order valence-corrected chi connectivity index (χ1v) is 6.30. The van der Waals surface area contributed by atoms with Crippen molar-refractivity contribution in [2.45, 2.75) is 53.4 Å². The van der Waals surface area contributed by atoms with Gasteiger partial charge in [0.1, 0.15) is 0 Å². The number of hydrogen-bond acceptors (Lipinski definition) is 3. The van der Waals surface area contributed by atoms with E-state index in [1.54, 1.807) is 6.92 Å². The van der Waals surface area contributed by atoms with Crippen molar-refractivity contribution in [2.24, 2.45) is 5.92 Å². The third-order valence-electron chi connectivity index (χ3n) is 2.60. The van der Waals surface area contributed by atoms with Gasteiger partial charge in [-0.3, -0.25) is 4.79 Å². The highest BCUT2D eigenvalue weighted by molar-refractivity contribution is 6.33. The van der Waals surface area contributed by atoms with Crippen LogP contribution < -0.4 is 0 Å². The lowest BCUT2D eigenvalue weighted by molar-refractivity contribution is -0.154. The Kier molecular flexibility index (Phi) is 8.38. The fraction of sp³-hybridized carbons (Fsp3) is 0.714. The molecule has 3 heteroatoms. The van der Waals surface area contributed by atoms with Gasteiger partial charge >= 0.3 is 5.97 Å². The lowest BCUT2D eigenvalue weighted by Gasteiger charge is -2.10. The average molecular weight is 240 g/mol. The molecule has 3 nitrogen and oxygen atoms in total. The second-order valence-corrected chi connectivity index (χ2v) is 4.67. The Hall–Kier alpha value is -1.12. The highest BCUT2D eigenvalue weighted by Crippen LogP contribution is 2.11. The molecule has 0 aliphatic carbocycles. The predicted octanol–water partition coefficient (Wildman–Crippen LogP) is 3.28. The minimum absolute atomic E-state index is 0.217. The molecule has 0 bridgehead atoms. The van der Waals surface area contributed by atoms with Gasteiger partial charge in [-0.05, 0) is 39.0 Å². The van der Waals surface area contributed by atoms with Crippen molar-refractivity contribution in [3.05, 3.63) is 11.6 Å². The number of Topliss-reactive ketones (excluding diaryl/α,β-unsaturated/α-hetero) is 1. The van der Waals surface area contributed by atoms with E-state index in [4.69, 9.17) is 4.74 Å². The fourth-order valence-electron chi connectivity index (χ4n) is 1.38. The second kappa shape index (κ2) is 8.97. The summed E-state index contributed by atoms with van der Waals surface area (Å²) >= 11 is 0. The molecule has 0 N–H and O–H groups in total. The molecule has 0 heterocycles. The standard InChI is InChI=1S/C14H24O3/c1-5-13(15)14(16)17-10-9-12(4)8-6-7-11(2)3/h7,12H,5-6,8-10H2,1-4H3/t12-/m1/s1. The largest absolute Gasteiger partial charge is 0.460 e. The van der Waals surface area contributed by atoms with Crippen LogP contribution in [-0.2, 0) is 14.3 Å². The van der Waals surface area contributed by atoms with Crippen LogP contribution in [0.2, 0.25) is 0 Å². The van der Waals surface area contributed by atoms with Gasteiger partial charge in [0.25, 0.3) is 0 Å². The molecule has 0 saturated heterocycles. The SMILES string of the molecule is CCC(=O)C(=O)OCC[C@H](C)CCC=C(C)C. The van der Waals surface area contributed by atoms with Crippen LogP contribution in [0.1, 0.15) is 53.4 Å². The highest BCUT2D eigenvalue weighted by Gasteiger charge is 2.12. The first-order chi connectivity index (χ1) is 7.97. The molecule has 98 valence electrons. The summed E-state index contributed by atoms with van der Waals surface area (Å²) in [5.41, 5.74) is 1.33. The summed E-state index contributed by atoms with van der Waals surface area (Å²) in [6, 6.07) is 0. The van der Waals surface area contributed by atoms with E-state index in [2.05, 4.69) is 26.8 Å². The first-order valence-electron chi connectivity index (χ1n) is 6.30. The van der Waals surface area contributed by atoms with Crippen LogP contribution >= 0.6 is 0 Å². The topological polar surface area (TPSA) is 43.4 Å². The van der Waals surface area contributed by atoms with Crippen molar-refractivity contribution < 1.29 is 14.3 Å². The third kappa shape index (κ3) is 8.66. The van der Waals surface area contributed by atoms with E-state index in [-0.39, 0.29) is 6.42 Å². The van der Waals surface area contributed by atoms with Crippen LogP contribution in [0.15, 0.2) is 11.6 Å². The molecule has 0 amide bonds. The van der Waals surface area contributed by atoms with Crippen molar-refractivity contribution >= 4 is 11.8 Å². The number of esters is 1. The van der Waals surface area contributed by atoms with E-state index in [1.165, 1.54) is 5.57 Å². The molecule has 0 aliphatic rings. The predicted molar refractivity (Wildman–Crippen MR) is 68.7 cm³/mol. The summed E-state index contributed by atoms with van der Waals surface area (Å²) in [5.74, 6) is -0.624. The fourth-order valence-corrected chi connectivity index (χ4v) is 1.38. The van der Waals surface area contributed by atoms with E-state index in [0.29, 0.717) is 12.5 Å². The van der Waals surface area contributed by atoms with Crippen LogP contribution in [0.4, 0.5) is 0 Å². The van der Waals surface area contributed by atoms with Gasteiger partial charge in [-0.1, -0.05) is 25.5 Å². The molecule has 0 fully saturated rings. The van der Waals surface area contributed by atoms with Crippen LogP contribution in [0.5, 0.6) is 0 Å². The van der Waals surface area contributed by atoms with E-state index in [0.717, 1.165) is 19.3 Å². The van der Waals surface area contributed by atoms with Crippen LogP contribution in [0.3, 0.4) is 0 Å². The smallest absolute Gasteiger partial charge is 0.374 e. The van der Waals surface area contributed by atoms with Crippen LogP contribution in [0, 0.1) is 5.92 Å². The Balaban J connectivity index is 3.64. The maximum absolute atomic E-state index is 11.1. The summed E-state index contributed by atoms with van der Waals surface area (Å²) in [7, 11) is 0. The number of hydrogen-bond donors (Lipinski definition) is 0. The Morgan fingerprint density at radius 3 is 2.41 bits per heavy atom. The minimum Gasteiger partial charge on any atom is -0.460 e. The number of carbonyl (C=O) groups excluding carboxylic acids is 2. The zero-order valence-corrected chi connectivity index (χ0v) is 11.4. The molecule has 0 rings (SSSR count). The average Bonchev–Trinajstić information content (AvgIpc) is 2.27. The molecule has 0 aliphatic heterocycles. The van der Waals surface area contributed by atoms with Gasteiger partial charge in [-0.15, -0.1) is 0 Å². The van der Waals surface area contributed by atoms with Crippen molar-refractivity contribution in [3.63, 3.8) is 0 Å². The Morgan fingerprint density at radius 2 is 1.88 bits per heavy atom. The third-order valence-corrected chi connectivity index (χ3v) is 2.60. The van der Waals surface area contributed by atoms with Gasteiger partial charge in [-0.2, -0.15) is 0 Å². The number of ether oxygens (including phenoxy) is 1. The number of rotatable bonds is 8. The van der Waals surface area contributed by atoms with E-state index in [1.807, 2.05) is 0 Å². The Labute approximate surface area is 104 Å². The van der Waals surface area contributed by atoms with E-state index in [9.17, 15) is 9.59 Å². The summed E-state index contributed by atoms with van der Waals surface area (Å²) in [6.07, 6.45) is 5.40. The summed E-state index contributed by atoms with van der Waals surface area (Å²) in [6.45, 7) is 8.31. The van der Waals surface area contributed by atoms with Gasteiger partial charge in [0, 0.05) is 6.42 Å². The molecule has 0 aromatic heterocycles. The molecule has 1 atom stereocenters. The lowest BCUT2D eigenvalue weighted by Crippen LogP contribution is -2.17. The van der Waals surface area contributed by atoms with Gasteiger partial charge in [-0.25, -0.2) is 4.79 Å². The molecule has 0 aromatic carbocycles. The van der Waals surface area contributed by atoms with Gasteiger partial charge in [0.15, 0.2) is 0 Å². The summed E-state index contributed by atoms with van der Waals surface area (Å²) in [5, 5.41) is 0. The number of allylic oxidation sites excluding steroid dienone is 2. The molecule has 0 radical (unpaired) electrons. The number of ketones is 1. The minimum atomic E-state index is -0.691. The van der Waals surface area contributed by atoms with Crippen molar-refractivity contribution in [3.8, 4) is 0 Å². The van der Waals surface area contributed by atoms with Crippen molar-refractivity contribution in [1.29, 1.82) is 0 Å². The van der Waals surface area contributed by atoms with Crippen LogP contribution in [0.25, 0.3) is 0 Å². The van der Waals surface area contributed by atoms with Crippen molar-refractivity contribution in [1.82, 2.24) is 0 Å². The zero-order chi connectivity index (χ0) is 13.3. The van der Waals surface area contributed by atoms with E-state index < -0.39 is 11.8 Å². The molecule has 0 saturated carbocycles. The second-order valence-electron chi connectivity index (χ2n) is 4.67. The van der Waals surface area contributed by atoms with Crippen LogP contribution in [-0.4, -0.2) is 18.4 Å². The maximum atomic E-state index is 11.1. The normalized spacial score (nSPS) is 11.8. The lowest BCUT2D eigenvalue weighted by atomic mass is 10.0. The molecule has 0 unspecified atom stereocenters. The Morgan fingerprint density at radius 1 is 1.24 bits per heavy atom.